The summed E-state index contributed by atoms with van der Waals surface area (Å²) < 4.78 is 0. The van der Waals surface area contributed by atoms with Gasteiger partial charge in [-0.2, -0.15) is 0 Å². The number of nitrogens with one attached hydrogen (secondary N) is 1. The van der Waals surface area contributed by atoms with Crippen molar-refractivity contribution >= 4 is 78.8 Å². The molecule has 1 fully saturated rings. The topological polar surface area (TPSA) is 523 Å². The molecule has 25 N–H and O–H groups in total. The number of likely N-dealkylation sites (N-methyl/N-ethyl adjacent to an activating group) is 1. The second-order valence-corrected chi connectivity index (χ2v) is 15.3. The molecule has 1 aliphatic rings. The highest BCUT2D eigenvalue weighted by Gasteiger charge is 2.29. The number of amides is 3. The van der Waals surface area contributed by atoms with Gasteiger partial charge in [0.05, 0.1) is 0 Å². The summed E-state index contributed by atoms with van der Waals surface area (Å²) in [7, 11) is 7.62. The summed E-state index contributed by atoms with van der Waals surface area (Å²) in [6, 6.07) is 29.2. The molecular formula is C65H144N12O13. The first-order valence-corrected chi connectivity index (χ1v) is 27.5. The Morgan fingerprint density at radius 2 is 0.689 bits per heavy atom. The molecule has 3 aromatic rings. The number of aliphatic hydroxyl groups is 1. The van der Waals surface area contributed by atoms with E-state index >= 15 is 0 Å². The zero-order valence-corrected chi connectivity index (χ0v) is 60.9. The van der Waals surface area contributed by atoms with Gasteiger partial charge in [0.1, 0.15) is 73.2 Å². The average molecular weight is 1300 g/mol. The number of nitrogens with two attached hydrogens (primary N) is 4. The van der Waals surface area contributed by atoms with Crippen LogP contribution >= 0.6 is 0 Å². The van der Waals surface area contributed by atoms with Crippen molar-refractivity contribution in [2.75, 3.05) is 48.3 Å². The maximum atomic E-state index is 12.8. The number of nitrogens with zero attached hydrogens (tertiary/aromatic N) is 2. The molecule has 0 radical (unpaired) electrons. The van der Waals surface area contributed by atoms with Crippen LogP contribution in [-0.4, -0.2) is 160 Å². The Morgan fingerprint density at radius 1 is 0.478 bits per heavy atom. The third-order valence-corrected chi connectivity index (χ3v) is 8.25. The zero-order chi connectivity index (χ0) is 72.2. The van der Waals surface area contributed by atoms with Crippen molar-refractivity contribution in [3.8, 4) is 0 Å². The van der Waals surface area contributed by atoms with E-state index in [0.717, 1.165) is 62.6 Å². The molecule has 0 aromatic heterocycles. The van der Waals surface area contributed by atoms with Crippen molar-refractivity contribution in [2.45, 2.75) is 174 Å². The third-order valence-electron chi connectivity index (χ3n) is 8.25. The molecule has 4 rings (SSSR count). The molecule has 0 bridgehead atoms. The number of benzene rings is 3. The van der Waals surface area contributed by atoms with Gasteiger partial charge in [0.2, 0.25) is 17.7 Å². The third kappa shape index (κ3) is 149. The van der Waals surface area contributed by atoms with Gasteiger partial charge in [-0.1, -0.05) is 181 Å². The van der Waals surface area contributed by atoms with E-state index in [4.69, 9.17) is 48.3 Å². The van der Waals surface area contributed by atoms with Gasteiger partial charge in [0, 0.05) is 39.6 Å². The first-order chi connectivity index (χ1) is 41.0. The van der Waals surface area contributed by atoms with Gasteiger partial charge < -0.3 is 117 Å². The van der Waals surface area contributed by atoms with Gasteiger partial charge >= 0.3 is 0 Å². The molecular weight excluding hydrogens is 1160 g/mol. The van der Waals surface area contributed by atoms with E-state index in [1.807, 2.05) is 136 Å². The zero-order valence-electron chi connectivity index (χ0n) is 60.9. The summed E-state index contributed by atoms with van der Waals surface area (Å²) in [5.41, 5.74) is 21.8. The van der Waals surface area contributed by atoms with Crippen LogP contribution in [0.5, 0.6) is 0 Å². The molecule has 1 aliphatic heterocycles. The molecule has 0 aliphatic carbocycles. The van der Waals surface area contributed by atoms with E-state index in [-0.39, 0.29) is 54.6 Å². The van der Waals surface area contributed by atoms with Crippen LogP contribution in [0.1, 0.15) is 153 Å². The van der Waals surface area contributed by atoms with Gasteiger partial charge in [-0.15, -0.1) is 0 Å². The van der Waals surface area contributed by atoms with E-state index < -0.39 is 12.1 Å². The van der Waals surface area contributed by atoms with Crippen LogP contribution in [0.3, 0.4) is 0 Å². The second-order valence-electron chi connectivity index (χ2n) is 15.3. The lowest BCUT2D eigenvalue weighted by Crippen LogP contribution is -2.54. The van der Waals surface area contributed by atoms with Crippen molar-refractivity contribution in [2.24, 2.45) is 34.8 Å². The Hall–Kier alpha value is -7.30. The largest absolute Gasteiger partial charge is 0.394 e. The van der Waals surface area contributed by atoms with Gasteiger partial charge in [-0.3, -0.25) is 14.4 Å². The van der Waals surface area contributed by atoms with Gasteiger partial charge in [0.25, 0.3) is 0 Å². The first-order valence-electron chi connectivity index (χ1n) is 27.5. The molecule has 1 heterocycles. The summed E-state index contributed by atoms with van der Waals surface area (Å²) in [5.74, 6) is 1.18. The smallest absolute Gasteiger partial charge is 0.244 e. The minimum Gasteiger partial charge on any atom is -0.394 e. The van der Waals surface area contributed by atoms with Crippen molar-refractivity contribution in [3.63, 3.8) is 0 Å². The maximum absolute atomic E-state index is 12.8. The summed E-state index contributed by atoms with van der Waals surface area (Å²) in [6.07, 6.45) is 6.99. The fourth-order valence-corrected chi connectivity index (χ4v) is 4.65. The van der Waals surface area contributed by atoms with Gasteiger partial charge in [-0.25, -0.2) is 0 Å². The summed E-state index contributed by atoms with van der Waals surface area (Å²) in [5, 5.41) is 10.9. The van der Waals surface area contributed by atoms with E-state index in [9.17, 15) is 14.4 Å². The number of piperidine rings is 1. The molecule has 0 spiro atoms. The van der Waals surface area contributed by atoms with Crippen LogP contribution in [0, 0.1) is 11.8 Å². The van der Waals surface area contributed by atoms with Gasteiger partial charge in [-0.05, 0) is 110 Å². The van der Waals surface area contributed by atoms with Crippen LogP contribution in [0.4, 0.5) is 0 Å². The van der Waals surface area contributed by atoms with Crippen molar-refractivity contribution in [3.05, 3.63) is 108 Å². The first kappa shape index (κ1) is 150. The van der Waals surface area contributed by atoms with Crippen molar-refractivity contribution in [1.29, 1.82) is 0 Å². The summed E-state index contributed by atoms with van der Waals surface area (Å²) in [6.45, 7) is 51.6. The molecule has 0 saturated carbocycles. The van der Waals surface area contributed by atoms with E-state index in [1.165, 1.54) is 57.6 Å². The number of likely N-dealkylation sites (tertiary alicyclic amines) is 1. The second kappa shape index (κ2) is 166. The Labute approximate surface area is 550 Å². The molecule has 90 heavy (non-hydrogen) atoms. The molecule has 25 nitrogen and oxygen atoms in total. The quantitative estimate of drug-likeness (QED) is 0.0949. The number of hydrogen-bond donors (Lipinski definition) is 11. The molecule has 542 valence electrons. The Bertz CT molecular complexity index is 1470. The van der Waals surface area contributed by atoms with Crippen LogP contribution < -0.4 is 59.0 Å². The van der Waals surface area contributed by atoms with Crippen LogP contribution in [0.15, 0.2) is 91.0 Å². The van der Waals surface area contributed by atoms with E-state index in [0.29, 0.717) is 6.42 Å². The Balaban J connectivity index is -0.0000000307. The number of carbonyl (C=O) groups is 12. The number of rotatable bonds is 9. The molecule has 2 atom stereocenters. The van der Waals surface area contributed by atoms with Crippen molar-refractivity contribution < 1.29 is 62.6 Å². The average Bonchev–Trinajstić information content (AvgIpc) is 3.59. The normalized spacial score (nSPS) is 8.52. The number of carbonyl (C=O) groups excluding carboxylic acids is 12. The van der Waals surface area contributed by atoms with E-state index in [2.05, 4.69) is 132 Å². The maximum Gasteiger partial charge on any atom is 0.244 e. The predicted molar refractivity (Wildman–Crippen MR) is 387 cm³/mol. The SMILES string of the molecule is C=O.C=O.C=O.C=O.C=O.C=O.C=O.C=O.C=O.CC.CC.CC(=O)N(C)[C@@H](Cc1ccccc1)C(=O)N[C@@H](C)C(=O)N1CCCCC1.CC(C)C.CC(C)O.CCC(C)C.CCc1ccccc1.CCc1ccccc1.CN.CN.CN.CN.N.N.N.N.N. The Morgan fingerprint density at radius 3 is 0.867 bits per heavy atom. The van der Waals surface area contributed by atoms with Gasteiger partial charge in [0.15, 0.2) is 0 Å². The highest BCUT2D eigenvalue weighted by Crippen LogP contribution is 2.12. The van der Waals surface area contributed by atoms with Crippen LogP contribution in [0.25, 0.3) is 0 Å². The standard InChI is InChI=1S/C20H29N3O3.2C8H10.C5H12.C4H10.C3H8O.2C2H6.4CH5N.9CH2O.5H3N/c1-15(20(26)23-12-8-5-9-13-23)21-19(25)18(22(3)16(2)24)14-17-10-6-4-7-11-17;2*1-2-8-6-4-3-5-7-8;1-4-5(2)3;1-4(2)3;1-3(2)4;15*1-2;;;;;/h4,6-7,10-11,15,18H,5,8-9,12-14H2,1-3H3,(H,21,25);2*3-7H,2H2,1H3;5H,4H2,1-3H3;4H,1-3H3;3-4H,1-2H3;2*1-2H3;4*2H2,1H3;9*1H2;5*1H3/t15-,18-;;;;;;;;;;;;;;;;;;;;;;;;;/m0........................./s1. The molecule has 0 unspecified atom stereocenters. The van der Waals surface area contributed by atoms with Crippen molar-refractivity contribution in [1.82, 2.24) is 45.9 Å². The minimum atomic E-state index is -0.647. The number of hydrogen-bond acceptors (Lipinski definition) is 22. The molecule has 1 saturated heterocycles. The molecule has 3 aromatic carbocycles. The van der Waals surface area contributed by atoms with Crippen LogP contribution in [-0.2, 0) is 76.8 Å². The number of aliphatic hydroxyl groups excluding tert-OH is 1. The molecule has 3 amide bonds. The lowest BCUT2D eigenvalue weighted by molar-refractivity contribution is -0.140. The predicted octanol–water partition coefficient (Wildman–Crippen LogP) is 9.69. The summed E-state index contributed by atoms with van der Waals surface area (Å²) in [4.78, 5) is 112. The fraction of sp³-hybridized carbons (Fsp3) is 0.538. The minimum absolute atomic E-state index is 0. The monoisotopic (exact) mass is 1300 g/mol. The number of aryl methyl sites for hydroxylation is 2. The summed E-state index contributed by atoms with van der Waals surface area (Å²) >= 11 is 0. The molecule has 25 heteroatoms. The lowest BCUT2D eigenvalue weighted by Gasteiger charge is -2.31. The Kier molecular flexibility index (Phi) is 276. The fourth-order valence-electron chi connectivity index (χ4n) is 4.65. The van der Waals surface area contributed by atoms with E-state index in [1.54, 1.807) is 27.8 Å². The van der Waals surface area contributed by atoms with Crippen LogP contribution in [0.2, 0.25) is 0 Å². The highest BCUT2D eigenvalue weighted by atomic mass is 16.3. The highest BCUT2D eigenvalue weighted by molar-refractivity contribution is 5.91. The lowest BCUT2D eigenvalue weighted by atomic mass is 10.0.